The van der Waals surface area contributed by atoms with Gasteiger partial charge in [-0.05, 0) is 68.5 Å². The van der Waals surface area contributed by atoms with Crippen LogP contribution in [0, 0.1) is 0 Å². The molecule has 6 nitrogen and oxygen atoms in total. The number of hydrogen-bond acceptors (Lipinski definition) is 5. The van der Waals surface area contributed by atoms with Crippen LogP contribution >= 0.6 is 35.3 Å². The average molecular weight is 545 g/mol. The van der Waals surface area contributed by atoms with Crippen LogP contribution < -0.4 is 25.0 Å². The number of nitrogens with zero attached hydrogens (tertiary/aromatic N) is 2. The van der Waals surface area contributed by atoms with E-state index in [1.165, 1.54) is 5.00 Å². The number of rotatable bonds is 8. The first-order valence-electron chi connectivity index (χ1n) is 10.3. The fourth-order valence-electron chi connectivity index (χ4n) is 3.35. The third-order valence-electron chi connectivity index (χ3n) is 4.90. The summed E-state index contributed by atoms with van der Waals surface area (Å²) in [4.78, 5) is 7.21. The van der Waals surface area contributed by atoms with Gasteiger partial charge in [-0.15, -0.1) is 35.3 Å². The maximum atomic E-state index is 5.96. The molecule has 0 radical (unpaired) electrons. The van der Waals surface area contributed by atoms with Crippen LogP contribution in [0.4, 0.5) is 5.00 Å². The van der Waals surface area contributed by atoms with Crippen molar-refractivity contribution in [1.82, 2.24) is 10.6 Å². The highest BCUT2D eigenvalue weighted by Crippen LogP contribution is 2.24. The second-order valence-corrected chi connectivity index (χ2v) is 8.11. The van der Waals surface area contributed by atoms with Crippen LogP contribution in [0.2, 0.25) is 0 Å². The number of piperidine rings is 1. The van der Waals surface area contributed by atoms with Crippen molar-refractivity contribution in [2.75, 3.05) is 38.2 Å². The first-order chi connectivity index (χ1) is 14.2. The number of benzene rings is 1. The van der Waals surface area contributed by atoms with Crippen LogP contribution in [0.5, 0.6) is 11.5 Å². The Kier molecular flexibility index (Phi) is 10.6. The number of methoxy groups -OCH3 is 1. The molecule has 0 bridgehead atoms. The van der Waals surface area contributed by atoms with Gasteiger partial charge in [0.2, 0.25) is 0 Å². The molecule has 1 unspecified atom stereocenters. The lowest BCUT2D eigenvalue weighted by molar-refractivity contribution is 0.230. The van der Waals surface area contributed by atoms with Crippen molar-refractivity contribution in [3.63, 3.8) is 0 Å². The summed E-state index contributed by atoms with van der Waals surface area (Å²) in [6.45, 7) is 7.72. The predicted molar refractivity (Wildman–Crippen MR) is 137 cm³/mol. The third-order valence-corrected chi connectivity index (χ3v) is 5.83. The fourth-order valence-corrected chi connectivity index (χ4v) is 4.14. The van der Waals surface area contributed by atoms with E-state index in [2.05, 4.69) is 40.0 Å². The number of anilines is 1. The molecule has 0 amide bonds. The first kappa shape index (κ1) is 24.6. The molecule has 0 aliphatic carbocycles. The number of thiophene rings is 1. The van der Waals surface area contributed by atoms with E-state index in [9.17, 15) is 0 Å². The van der Waals surface area contributed by atoms with Crippen LogP contribution in [-0.2, 0) is 0 Å². The van der Waals surface area contributed by atoms with E-state index in [1.807, 2.05) is 42.5 Å². The molecule has 30 heavy (non-hydrogen) atoms. The molecule has 1 aliphatic rings. The normalized spacial score (nSPS) is 15.8. The predicted octanol–water partition coefficient (Wildman–Crippen LogP) is 4.37. The van der Waals surface area contributed by atoms with Crippen molar-refractivity contribution in [1.29, 1.82) is 0 Å². The second kappa shape index (κ2) is 12.9. The number of aliphatic imine (C=N–C) groups is 1. The van der Waals surface area contributed by atoms with Gasteiger partial charge in [-0.1, -0.05) is 0 Å². The molecule has 1 fully saturated rings. The van der Waals surface area contributed by atoms with Gasteiger partial charge in [-0.3, -0.25) is 0 Å². The van der Waals surface area contributed by atoms with E-state index in [1.54, 1.807) is 7.11 Å². The second-order valence-electron chi connectivity index (χ2n) is 7.18. The lowest BCUT2D eigenvalue weighted by Crippen LogP contribution is -2.49. The number of guanidine groups is 1. The monoisotopic (exact) mass is 544 g/mol. The maximum Gasteiger partial charge on any atom is 0.191 e. The van der Waals surface area contributed by atoms with Crippen LogP contribution in [0.1, 0.15) is 26.7 Å². The van der Waals surface area contributed by atoms with Crippen LogP contribution in [0.15, 0.2) is 46.8 Å². The molecule has 2 N–H and O–H groups in total. The van der Waals surface area contributed by atoms with Crippen molar-refractivity contribution < 1.29 is 9.47 Å². The summed E-state index contributed by atoms with van der Waals surface area (Å²) in [5.41, 5.74) is 0. The Balaban J connectivity index is 0.00000320. The minimum atomic E-state index is -0.0143. The van der Waals surface area contributed by atoms with Gasteiger partial charge < -0.3 is 25.0 Å². The van der Waals surface area contributed by atoms with Crippen LogP contribution in [0.3, 0.4) is 0 Å². The highest BCUT2D eigenvalue weighted by molar-refractivity contribution is 14.0. The van der Waals surface area contributed by atoms with Gasteiger partial charge in [0.15, 0.2) is 5.96 Å². The zero-order valence-electron chi connectivity index (χ0n) is 18.0. The third kappa shape index (κ3) is 7.54. The molecule has 1 aliphatic heterocycles. The fraction of sp³-hybridized carbons (Fsp3) is 0.500. The number of nitrogens with one attached hydrogen (secondary N) is 2. The number of ether oxygens (including phenoxy) is 2. The largest absolute Gasteiger partial charge is 0.497 e. The van der Waals surface area contributed by atoms with Gasteiger partial charge in [0.05, 0.1) is 18.7 Å². The molecule has 3 rings (SSSR count). The van der Waals surface area contributed by atoms with E-state index >= 15 is 0 Å². The molecule has 8 heteroatoms. The standard InChI is InChI=1S/C22H32N4O2S.HI/c1-4-23-22(24-16-17(2)28-20-9-7-19(27-3)8-10-20)25-18-11-13-26(14-12-18)21-6-5-15-29-21;/h5-10,15,17-18H,4,11-14,16H2,1-3H3,(H2,23,24,25);1H. The Morgan fingerprint density at radius 2 is 1.90 bits per heavy atom. The van der Waals surface area contributed by atoms with Gasteiger partial charge in [0, 0.05) is 25.7 Å². The summed E-state index contributed by atoms with van der Waals surface area (Å²) in [5, 5.41) is 10.5. The maximum absolute atomic E-state index is 5.96. The molecule has 1 aromatic carbocycles. The van der Waals surface area contributed by atoms with Crippen LogP contribution in [0.25, 0.3) is 0 Å². The molecular weight excluding hydrogens is 511 g/mol. The van der Waals surface area contributed by atoms with Gasteiger partial charge >= 0.3 is 0 Å². The Morgan fingerprint density at radius 1 is 1.20 bits per heavy atom. The van der Waals surface area contributed by atoms with Crippen molar-refractivity contribution >= 4 is 46.3 Å². The van der Waals surface area contributed by atoms with E-state index in [0.29, 0.717) is 12.6 Å². The Labute approximate surface area is 201 Å². The quantitative estimate of drug-likeness (QED) is 0.294. The molecule has 0 saturated carbocycles. The minimum Gasteiger partial charge on any atom is -0.497 e. The van der Waals surface area contributed by atoms with Crippen molar-refractivity contribution in [3.8, 4) is 11.5 Å². The number of halogens is 1. The van der Waals surface area contributed by atoms with Crippen LogP contribution in [-0.4, -0.2) is 51.4 Å². The van der Waals surface area contributed by atoms with Gasteiger partial charge in [0.25, 0.3) is 0 Å². The van der Waals surface area contributed by atoms with E-state index < -0.39 is 0 Å². The van der Waals surface area contributed by atoms with E-state index in [-0.39, 0.29) is 30.1 Å². The summed E-state index contributed by atoms with van der Waals surface area (Å²) in [6, 6.07) is 12.4. The first-order valence-corrected chi connectivity index (χ1v) is 11.2. The molecule has 166 valence electrons. The molecule has 0 spiro atoms. The van der Waals surface area contributed by atoms with Gasteiger partial charge in [-0.2, -0.15) is 0 Å². The van der Waals surface area contributed by atoms with Gasteiger partial charge in [0.1, 0.15) is 17.6 Å². The SMILES string of the molecule is CCNC(=NCC(C)Oc1ccc(OC)cc1)NC1CCN(c2cccs2)CC1.I. The van der Waals surface area contributed by atoms with Crippen molar-refractivity contribution in [2.24, 2.45) is 4.99 Å². The molecule has 1 aromatic heterocycles. The van der Waals surface area contributed by atoms with Gasteiger partial charge in [-0.25, -0.2) is 4.99 Å². The summed E-state index contributed by atoms with van der Waals surface area (Å²) in [5.74, 6) is 2.52. The lowest BCUT2D eigenvalue weighted by Gasteiger charge is -2.33. The highest BCUT2D eigenvalue weighted by Gasteiger charge is 2.20. The summed E-state index contributed by atoms with van der Waals surface area (Å²) >= 11 is 1.82. The molecule has 1 atom stereocenters. The lowest BCUT2D eigenvalue weighted by atomic mass is 10.1. The summed E-state index contributed by atoms with van der Waals surface area (Å²) in [7, 11) is 1.66. The molecular formula is C22H33IN4O2S. The minimum absolute atomic E-state index is 0. The Bertz CT molecular complexity index is 747. The number of hydrogen-bond donors (Lipinski definition) is 2. The molecule has 1 saturated heterocycles. The summed E-state index contributed by atoms with van der Waals surface area (Å²) in [6.07, 6.45) is 2.21. The Morgan fingerprint density at radius 3 is 2.50 bits per heavy atom. The highest BCUT2D eigenvalue weighted by atomic mass is 127. The van der Waals surface area contributed by atoms with Crippen molar-refractivity contribution in [3.05, 3.63) is 41.8 Å². The zero-order chi connectivity index (χ0) is 20.5. The molecule has 2 heterocycles. The average Bonchev–Trinajstić information content (AvgIpc) is 3.28. The zero-order valence-corrected chi connectivity index (χ0v) is 21.1. The summed E-state index contributed by atoms with van der Waals surface area (Å²) < 4.78 is 11.1. The smallest absolute Gasteiger partial charge is 0.191 e. The topological polar surface area (TPSA) is 58.1 Å². The molecule has 2 aromatic rings. The van der Waals surface area contributed by atoms with E-state index in [0.717, 1.165) is 49.9 Å². The van der Waals surface area contributed by atoms with E-state index in [4.69, 9.17) is 14.5 Å². The van der Waals surface area contributed by atoms with Crippen molar-refractivity contribution in [2.45, 2.75) is 38.8 Å². The Hall–Kier alpha value is -1.68.